The van der Waals surface area contributed by atoms with Crippen LogP contribution in [0.3, 0.4) is 0 Å². The van der Waals surface area contributed by atoms with Gasteiger partial charge < -0.3 is 5.11 Å². The third-order valence-electron chi connectivity index (χ3n) is 1.32. The fourth-order valence-corrected chi connectivity index (χ4v) is 0.765. The average Bonchev–Trinajstić information content (AvgIpc) is 2.14. The maximum Gasteiger partial charge on any atom is 0.112 e. The maximum absolute atomic E-state index is 8.81. The molecule has 0 aliphatic carbocycles. The third-order valence-corrected chi connectivity index (χ3v) is 1.32. The molecule has 1 nitrogen and oxygen atoms in total. The van der Waals surface area contributed by atoms with Crippen molar-refractivity contribution >= 4 is 0 Å². The van der Waals surface area contributed by atoms with Crippen molar-refractivity contribution in [2.75, 3.05) is 0 Å². The summed E-state index contributed by atoms with van der Waals surface area (Å²) in [6.07, 6.45) is -0.606. The highest BCUT2D eigenvalue weighted by atomic mass is 16.3. The van der Waals surface area contributed by atoms with Gasteiger partial charge in [0.05, 0.1) is 0 Å². The lowest BCUT2D eigenvalue weighted by molar-refractivity contribution is 0.253. The fourth-order valence-electron chi connectivity index (χ4n) is 0.765. The monoisotopic (exact) mass is 170 g/mol. The topological polar surface area (TPSA) is 20.2 Å². The molecule has 0 saturated heterocycles. The summed E-state index contributed by atoms with van der Waals surface area (Å²) >= 11 is 0. The van der Waals surface area contributed by atoms with Crippen LogP contribution in [0, 0.1) is 23.7 Å². The van der Waals surface area contributed by atoms with Crippen molar-refractivity contribution in [2.45, 2.75) is 13.0 Å². The molecule has 0 bridgehead atoms. The number of rotatable bonds is 0. The highest BCUT2D eigenvalue weighted by molar-refractivity contribution is 5.39. The van der Waals surface area contributed by atoms with Crippen molar-refractivity contribution in [2.24, 2.45) is 0 Å². The quantitative estimate of drug-likeness (QED) is 0.584. The van der Waals surface area contributed by atoms with Gasteiger partial charge in [-0.05, 0) is 30.9 Å². The van der Waals surface area contributed by atoms with Gasteiger partial charge in [0.15, 0.2) is 0 Å². The first-order valence-corrected chi connectivity index (χ1v) is 4.03. The molecular weight excluding hydrogens is 160 g/mol. The summed E-state index contributed by atoms with van der Waals surface area (Å²) in [6, 6.07) is 9.61. The maximum atomic E-state index is 8.81. The number of aliphatic hydroxyl groups excluding tert-OH is 1. The minimum absolute atomic E-state index is 0.606. The minimum Gasteiger partial charge on any atom is -0.381 e. The molecule has 0 aliphatic heterocycles. The van der Waals surface area contributed by atoms with Gasteiger partial charge in [0, 0.05) is 5.56 Å². The predicted octanol–water partition coefficient (Wildman–Crippen LogP) is 1.42. The van der Waals surface area contributed by atoms with Crippen LogP contribution >= 0.6 is 0 Å². The Kier molecular flexibility index (Phi) is 3.64. The molecule has 0 heterocycles. The lowest BCUT2D eigenvalue weighted by Crippen LogP contribution is -1.91. The largest absolute Gasteiger partial charge is 0.381 e. The van der Waals surface area contributed by atoms with Crippen LogP contribution in [0.1, 0.15) is 12.5 Å². The third kappa shape index (κ3) is 4.01. The van der Waals surface area contributed by atoms with Crippen LogP contribution in [0.2, 0.25) is 0 Å². The van der Waals surface area contributed by atoms with Gasteiger partial charge in [-0.1, -0.05) is 30.0 Å². The summed E-state index contributed by atoms with van der Waals surface area (Å²) in [7, 11) is 0. The smallest absolute Gasteiger partial charge is 0.112 e. The van der Waals surface area contributed by atoms with Crippen LogP contribution in [-0.4, -0.2) is 11.2 Å². The Bertz CT molecular complexity index is 368. The first-order valence-electron chi connectivity index (χ1n) is 4.03. The van der Waals surface area contributed by atoms with Crippen molar-refractivity contribution in [3.8, 4) is 23.7 Å². The van der Waals surface area contributed by atoms with Crippen LogP contribution in [0.15, 0.2) is 30.3 Å². The Labute approximate surface area is 78.4 Å². The molecule has 1 heteroatoms. The van der Waals surface area contributed by atoms with Crippen molar-refractivity contribution in [3.05, 3.63) is 35.9 Å². The van der Waals surface area contributed by atoms with Gasteiger partial charge in [-0.3, -0.25) is 0 Å². The van der Waals surface area contributed by atoms with Crippen molar-refractivity contribution in [3.63, 3.8) is 0 Å². The summed E-state index contributed by atoms with van der Waals surface area (Å²) in [4.78, 5) is 0. The summed E-state index contributed by atoms with van der Waals surface area (Å²) in [5.74, 6) is 10.6. The minimum atomic E-state index is -0.606. The van der Waals surface area contributed by atoms with E-state index in [4.69, 9.17) is 5.11 Å². The average molecular weight is 170 g/mol. The van der Waals surface area contributed by atoms with Crippen LogP contribution in [0.5, 0.6) is 0 Å². The number of hydrogen-bond acceptors (Lipinski definition) is 1. The van der Waals surface area contributed by atoms with Gasteiger partial charge in [-0.25, -0.2) is 0 Å². The number of aliphatic hydroxyl groups is 1. The highest BCUT2D eigenvalue weighted by Crippen LogP contribution is 1.93. The number of benzene rings is 1. The Hall–Kier alpha value is -1.70. The SMILES string of the molecule is C[C@H](O)C#CC#Cc1ccccc1. The standard InChI is InChI=1S/C12H10O/c1-11(13)7-5-6-10-12-8-3-2-4-9-12/h2-4,8-9,11,13H,1H3/t11-/m0/s1. The Morgan fingerprint density at radius 2 is 1.85 bits per heavy atom. The van der Waals surface area contributed by atoms with Gasteiger partial charge in [0.1, 0.15) is 6.10 Å². The molecule has 0 unspecified atom stereocenters. The zero-order valence-corrected chi connectivity index (χ0v) is 7.41. The van der Waals surface area contributed by atoms with Crippen molar-refractivity contribution in [1.29, 1.82) is 0 Å². The van der Waals surface area contributed by atoms with Crippen molar-refractivity contribution in [1.82, 2.24) is 0 Å². The lowest BCUT2D eigenvalue weighted by Gasteiger charge is -1.84. The molecule has 1 aromatic rings. The molecule has 13 heavy (non-hydrogen) atoms. The second kappa shape index (κ2) is 5.04. The Morgan fingerprint density at radius 1 is 1.15 bits per heavy atom. The Morgan fingerprint density at radius 3 is 2.46 bits per heavy atom. The first kappa shape index (κ1) is 9.39. The molecule has 0 aliphatic rings. The molecule has 0 aromatic heterocycles. The second-order valence-corrected chi connectivity index (χ2v) is 2.56. The van der Waals surface area contributed by atoms with E-state index in [1.165, 1.54) is 0 Å². The van der Waals surface area contributed by atoms with Crippen LogP contribution in [0.25, 0.3) is 0 Å². The van der Waals surface area contributed by atoms with Gasteiger partial charge in [-0.2, -0.15) is 0 Å². The molecular formula is C12H10O. The molecule has 1 rings (SSSR count). The van der Waals surface area contributed by atoms with E-state index in [-0.39, 0.29) is 0 Å². The lowest BCUT2D eigenvalue weighted by atomic mass is 10.2. The van der Waals surface area contributed by atoms with E-state index in [1.54, 1.807) is 6.92 Å². The molecule has 0 radical (unpaired) electrons. The summed E-state index contributed by atoms with van der Waals surface area (Å²) < 4.78 is 0. The second-order valence-electron chi connectivity index (χ2n) is 2.56. The van der Waals surface area contributed by atoms with Gasteiger partial charge in [0.2, 0.25) is 0 Å². The molecule has 64 valence electrons. The van der Waals surface area contributed by atoms with E-state index in [9.17, 15) is 0 Å². The molecule has 1 atom stereocenters. The van der Waals surface area contributed by atoms with Crippen LogP contribution in [0.4, 0.5) is 0 Å². The van der Waals surface area contributed by atoms with E-state index in [0.29, 0.717) is 0 Å². The normalized spacial score (nSPS) is 10.3. The van der Waals surface area contributed by atoms with Crippen LogP contribution < -0.4 is 0 Å². The molecule has 0 saturated carbocycles. The first-order chi connectivity index (χ1) is 6.29. The Balaban J connectivity index is 2.65. The number of hydrogen-bond donors (Lipinski definition) is 1. The predicted molar refractivity (Wildman–Crippen MR) is 52.8 cm³/mol. The van der Waals surface area contributed by atoms with E-state index in [0.717, 1.165) is 5.56 Å². The van der Waals surface area contributed by atoms with E-state index < -0.39 is 6.10 Å². The summed E-state index contributed by atoms with van der Waals surface area (Å²) in [5, 5.41) is 8.81. The summed E-state index contributed by atoms with van der Waals surface area (Å²) in [5.41, 5.74) is 0.933. The van der Waals surface area contributed by atoms with Gasteiger partial charge in [0.25, 0.3) is 0 Å². The molecule has 1 aromatic carbocycles. The molecule has 0 amide bonds. The molecule has 0 fully saturated rings. The molecule has 1 N–H and O–H groups in total. The highest BCUT2D eigenvalue weighted by Gasteiger charge is 1.81. The van der Waals surface area contributed by atoms with Gasteiger partial charge in [-0.15, -0.1) is 0 Å². The summed E-state index contributed by atoms with van der Waals surface area (Å²) in [6.45, 7) is 1.61. The zero-order valence-electron chi connectivity index (χ0n) is 7.41. The molecule has 0 spiro atoms. The van der Waals surface area contributed by atoms with Crippen LogP contribution in [-0.2, 0) is 0 Å². The van der Waals surface area contributed by atoms with E-state index in [2.05, 4.69) is 23.7 Å². The van der Waals surface area contributed by atoms with E-state index >= 15 is 0 Å². The van der Waals surface area contributed by atoms with E-state index in [1.807, 2.05) is 30.3 Å². The van der Waals surface area contributed by atoms with Gasteiger partial charge >= 0.3 is 0 Å². The fraction of sp³-hybridized carbons (Fsp3) is 0.167. The van der Waals surface area contributed by atoms with Crippen molar-refractivity contribution < 1.29 is 5.11 Å². The zero-order chi connectivity index (χ0) is 9.52.